The number of aliphatic hydroxyl groups excluding tert-OH is 1. The third-order valence-electron chi connectivity index (χ3n) is 3.91. The lowest BCUT2D eigenvalue weighted by Crippen LogP contribution is -2.45. The number of nitrogens with two attached hydrogens (primary N) is 1. The van der Waals surface area contributed by atoms with Gasteiger partial charge in [0.2, 0.25) is 5.91 Å². The minimum absolute atomic E-state index is 0.0319. The zero-order chi connectivity index (χ0) is 21.0. The number of ether oxygens (including phenoxy) is 2. The number of amides is 1. The molecule has 0 saturated heterocycles. The maximum absolute atomic E-state index is 12.5. The van der Waals surface area contributed by atoms with Crippen molar-refractivity contribution in [3.05, 3.63) is 29.8 Å². The number of aliphatic hydroxyl groups is 1. The van der Waals surface area contributed by atoms with Crippen LogP contribution in [0.3, 0.4) is 0 Å². The highest BCUT2D eigenvalue weighted by molar-refractivity contribution is 5.78. The first kappa shape index (κ1) is 23.1. The summed E-state index contributed by atoms with van der Waals surface area (Å²) in [6.07, 6.45) is -6.32. The van der Waals surface area contributed by atoms with Crippen LogP contribution in [-0.2, 0) is 9.53 Å². The van der Waals surface area contributed by atoms with Gasteiger partial charge < -0.3 is 20.3 Å². The van der Waals surface area contributed by atoms with Crippen LogP contribution >= 0.6 is 0 Å². The van der Waals surface area contributed by atoms with Gasteiger partial charge in [0.15, 0.2) is 0 Å². The van der Waals surface area contributed by atoms with Crippen LogP contribution < -0.4 is 10.5 Å². The highest BCUT2D eigenvalue weighted by Crippen LogP contribution is 2.37. The van der Waals surface area contributed by atoms with Crippen LogP contribution in [0.15, 0.2) is 24.3 Å². The third-order valence-corrected chi connectivity index (χ3v) is 3.91. The van der Waals surface area contributed by atoms with Crippen molar-refractivity contribution < 1.29 is 41.3 Å². The second kappa shape index (κ2) is 8.83. The lowest BCUT2D eigenvalue weighted by molar-refractivity contribution is -0.274. The average molecular weight is 399 g/mol. The van der Waals surface area contributed by atoms with E-state index in [-0.39, 0.29) is 5.56 Å². The van der Waals surface area contributed by atoms with Crippen LogP contribution in [0.5, 0.6) is 5.75 Å². The Hall–Kier alpha value is -1.94. The van der Waals surface area contributed by atoms with Crippen molar-refractivity contribution in [2.24, 2.45) is 17.1 Å². The van der Waals surface area contributed by atoms with E-state index in [0.29, 0.717) is 0 Å². The number of halogens is 5. The van der Waals surface area contributed by atoms with E-state index in [1.807, 2.05) is 0 Å². The third kappa shape index (κ3) is 7.30. The van der Waals surface area contributed by atoms with Crippen LogP contribution in [0.2, 0.25) is 0 Å². The molecule has 154 valence electrons. The van der Waals surface area contributed by atoms with Gasteiger partial charge in [0.25, 0.3) is 0 Å². The summed E-state index contributed by atoms with van der Waals surface area (Å²) >= 11 is 0. The topological polar surface area (TPSA) is 81.8 Å². The molecule has 0 aliphatic carbocycles. The highest BCUT2D eigenvalue weighted by Gasteiger charge is 2.41. The van der Waals surface area contributed by atoms with E-state index >= 15 is 0 Å². The molecule has 1 rings (SSSR count). The Morgan fingerprint density at radius 3 is 2.26 bits per heavy atom. The number of carbonyl (C=O) groups excluding carboxylic acids is 1. The molecule has 3 atom stereocenters. The van der Waals surface area contributed by atoms with Gasteiger partial charge in [-0.05, 0) is 23.1 Å². The van der Waals surface area contributed by atoms with Crippen LogP contribution in [0.1, 0.15) is 32.3 Å². The van der Waals surface area contributed by atoms with Crippen LogP contribution in [-0.4, -0.2) is 36.7 Å². The Labute approximate surface area is 153 Å². The summed E-state index contributed by atoms with van der Waals surface area (Å²) in [6, 6.07) is 4.47. The molecule has 0 aliphatic rings. The Morgan fingerprint density at radius 2 is 1.81 bits per heavy atom. The summed E-state index contributed by atoms with van der Waals surface area (Å²) in [5, 5.41) is 10.5. The Bertz CT molecular complexity index is 630. The summed E-state index contributed by atoms with van der Waals surface area (Å²) in [7, 11) is 0. The van der Waals surface area contributed by atoms with Gasteiger partial charge in [-0.3, -0.25) is 4.79 Å². The molecule has 0 saturated carbocycles. The van der Waals surface area contributed by atoms with Gasteiger partial charge in [-0.15, -0.1) is 13.2 Å². The molecular formula is C17H22F5NO4. The summed E-state index contributed by atoms with van der Waals surface area (Å²) in [6.45, 7) is 0.877. The molecule has 0 radical (unpaired) electrons. The lowest BCUT2D eigenvalue weighted by atomic mass is 9.73. The Kier molecular flexibility index (Phi) is 7.56. The average Bonchev–Trinajstić information content (AvgIpc) is 2.47. The van der Waals surface area contributed by atoms with E-state index in [2.05, 4.69) is 9.47 Å². The number of hydrogen-bond acceptors (Lipinski definition) is 4. The van der Waals surface area contributed by atoms with Crippen molar-refractivity contribution in [1.82, 2.24) is 0 Å². The fourth-order valence-corrected chi connectivity index (χ4v) is 2.64. The SMILES string of the molecule is CC(C)(C)[C@@H](O)C(C(N)=O)[C@@H](COC(F)F)c1cccc(OC(F)(F)F)c1. The summed E-state index contributed by atoms with van der Waals surface area (Å²) < 4.78 is 70.5. The van der Waals surface area contributed by atoms with Gasteiger partial charge in [0, 0.05) is 5.92 Å². The molecular weight excluding hydrogens is 377 g/mol. The van der Waals surface area contributed by atoms with Crippen molar-refractivity contribution in [3.8, 4) is 5.75 Å². The molecule has 5 nitrogen and oxygen atoms in total. The van der Waals surface area contributed by atoms with Crippen molar-refractivity contribution in [3.63, 3.8) is 0 Å². The largest absolute Gasteiger partial charge is 0.573 e. The minimum Gasteiger partial charge on any atom is -0.406 e. The predicted octanol–water partition coefficient (Wildman–Crippen LogP) is 3.42. The lowest BCUT2D eigenvalue weighted by Gasteiger charge is -2.36. The Balaban J connectivity index is 3.34. The number of benzene rings is 1. The van der Waals surface area contributed by atoms with Gasteiger partial charge >= 0.3 is 13.0 Å². The molecule has 1 aromatic carbocycles. The maximum atomic E-state index is 12.5. The zero-order valence-electron chi connectivity index (χ0n) is 15.0. The maximum Gasteiger partial charge on any atom is 0.573 e. The predicted molar refractivity (Wildman–Crippen MR) is 86.0 cm³/mol. The number of carbonyl (C=O) groups is 1. The molecule has 1 aromatic rings. The number of alkyl halides is 5. The highest BCUT2D eigenvalue weighted by atomic mass is 19.4. The van der Waals surface area contributed by atoms with Gasteiger partial charge in [-0.2, -0.15) is 8.78 Å². The van der Waals surface area contributed by atoms with Crippen molar-refractivity contribution in [2.75, 3.05) is 6.61 Å². The molecule has 3 N–H and O–H groups in total. The van der Waals surface area contributed by atoms with E-state index in [4.69, 9.17) is 5.73 Å². The first-order valence-electron chi connectivity index (χ1n) is 7.95. The Morgan fingerprint density at radius 1 is 1.22 bits per heavy atom. The van der Waals surface area contributed by atoms with Gasteiger partial charge in [0.05, 0.1) is 18.6 Å². The van der Waals surface area contributed by atoms with Crippen LogP contribution in [0, 0.1) is 11.3 Å². The van der Waals surface area contributed by atoms with Gasteiger partial charge in [-0.25, -0.2) is 0 Å². The van der Waals surface area contributed by atoms with E-state index in [0.717, 1.165) is 12.1 Å². The quantitative estimate of drug-likeness (QED) is 0.657. The standard InChI is InChI=1S/C17H22F5NO4/c1-16(2,3)13(24)12(14(23)25)11(8-26-15(18)19)9-5-4-6-10(7-9)27-17(20,21)22/h4-7,11-13,15,24H,8H2,1-3H3,(H2,23,25)/t11-,12?,13-/m0/s1. The summed E-state index contributed by atoms with van der Waals surface area (Å²) in [5.74, 6) is -4.20. The second-order valence-electron chi connectivity index (χ2n) is 7.06. The smallest absolute Gasteiger partial charge is 0.406 e. The van der Waals surface area contributed by atoms with Gasteiger partial charge in [-0.1, -0.05) is 32.9 Å². The molecule has 10 heteroatoms. The molecule has 0 aliphatic heterocycles. The fraction of sp³-hybridized carbons (Fsp3) is 0.588. The summed E-state index contributed by atoms with van der Waals surface area (Å²) in [4.78, 5) is 12.0. The zero-order valence-corrected chi connectivity index (χ0v) is 15.0. The molecule has 27 heavy (non-hydrogen) atoms. The van der Waals surface area contributed by atoms with E-state index in [9.17, 15) is 31.9 Å². The monoisotopic (exact) mass is 399 g/mol. The molecule has 0 heterocycles. The molecule has 0 bridgehead atoms. The van der Waals surface area contributed by atoms with Crippen molar-refractivity contribution in [2.45, 2.75) is 45.8 Å². The van der Waals surface area contributed by atoms with Gasteiger partial charge in [0.1, 0.15) is 5.75 Å². The number of primary amides is 1. The summed E-state index contributed by atoms with van der Waals surface area (Å²) in [5.41, 5.74) is 4.54. The minimum atomic E-state index is -4.96. The number of rotatable bonds is 8. The normalized spacial score (nSPS) is 16.1. The van der Waals surface area contributed by atoms with Crippen molar-refractivity contribution >= 4 is 5.91 Å². The van der Waals surface area contributed by atoms with Crippen LogP contribution in [0.4, 0.5) is 22.0 Å². The van der Waals surface area contributed by atoms with Crippen LogP contribution in [0.25, 0.3) is 0 Å². The first-order chi connectivity index (χ1) is 12.2. The molecule has 0 aromatic heterocycles. The van der Waals surface area contributed by atoms with Crippen molar-refractivity contribution in [1.29, 1.82) is 0 Å². The molecule has 0 spiro atoms. The van der Waals surface area contributed by atoms with E-state index < -0.39 is 54.6 Å². The first-order valence-corrected chi connectivity index (χ1v) is 7.95. The molecule has 1 unspecified atom stereocenters. The molecule has 0 fully saturated rings. The molecule has 1 amide bonds. The fourth-order valence-electron chi connectivity index (χ4n) is 2.64. The number of hydrogen-bond donors (Lipinski definition) is 2. The van der Waals surface area contributed by atoms with E-state index in [1.165, 1.54) is 12.1 Å². The van der Waals surface area contributed by atoms with E-state index in [1.54, 1.807) is 20.8 Å². The second-order valence-corrected chi connectivity index (χ2v) is 7.06.